The molecule has 0 heterocycles. The van der Waals surface area contributed by atoms with Crippen LogP contribution < -0.4 is 0 Å². The van der Waals surface area contributed by atoms with Gasteiger partial charge in [0.15, 0.2) is 0 Å². The van der Waals surface area contributed by atoms with Crippen LogP contribution in [0.15, 0.2) is 30.3 Å². The highest BCUT2D eigenvalue weighted by Gasteiger charge is 2.31. The molecule has 1 rings (SSSR count). The van der Waals surface area contributed by atoms with Crippen LogP contribution in [-0.2, 0) is 15.8 Å². The largest absolute Gasteiger partial charge is 0.481 e. The normalized spacial score (nSPS) is 16.1. The molecule has 2 atom stereocenters. The van der Waals surface area contributed by atoms with Crippen LogP contribution in [0.1, 0.15) is 18.9 Å². The summed E-state index contributed by atoms with van der Waals surface area (Å²) in [6, 6.07) is 9.63. The van der Waals surface area contributed by atoms with E-state index in [1.165, 1.54) is 6.92 Å². The summed E-state index contributed by atoms with van der Waals surface area (Å²) in [5, 5.41) is 8.70. The predicted octanol–water partition coefficient (Wildman–Crippen LogP) is 2.36. The second-order valence-electron chi connectivity index (χ2n) is 4.08. The molecule has 1 aromatic rings. The van der Waals surface area contributed by atoms with Crippen molar-refractivity contribution in [2.24, 2.45) is 0 Å². The Morgan fingerprint density at radius 3 is 2.47 bits per heavy atom. The maximum Gasteiger partial charge on any atom is 0.316 e. The number of hydrogen-bond acceptors (Lipinski definition) is 2. The maximum atomic E-state index is 11.7. The first-order valence-electron chi connectivity index (χ1n) is 5.51. The fraction of sp³-hybridized carbons (Fsp3) is 0.417. The van der Waals surface area contributed by atoms with Gasteiger partial charge in [-0.2, -0.15) is 0 Å². The molecule has 0 aliphatic heterocycles. The average Bonchev–Trinajstić information content (AvgIpc) is 2.29. The van der Waals surface area contributed by atoms with Crippen LogP contribution in [0.5, 0.6) is 0 Å². The Balaban J connectivity index is 2.46. The zero-order valence-corrected chi connectivity index (χ0v) is 10.6. The molecule has 0 radical (unpaired) electrons. The van der Waals surface area contributed by atoms with Gasteiger partial charge in [0.05, 0.1) is 0 Å². The zero-order valence-electron chi connectivity index (χ0n) is 9.74. The van der Waals surface area contributed by atoms with Crippen molar-refractivity contribution >= 4 is 13.3 Å². The first-order valence-corrected chi connectivity index (χ1v) is 7.43. The molecule has 2 N–H and O–H groups in total. The molecular formula is C12H17O4P. The van der Waals surface area contributed by atoms with E-state index in [1.54, 1.807) is 0 Å². The maximum absolute atomic E-state index is 11.7. The van der Waals surface area contributed by atoms with Crippen molar-refractivity contribution in [3.05, 3.63) is 35.9 Å². The number of carbonyl (C=O) groups is 1. The van der Waals surface area contributed by atoms with Gasteiger partial charge in [-0.05, 0) is 25.3 Å². The van der Waals surface area contributed by atoms with Crippen LogP contribution in [0.4, 0.5) is 0 Å². The zero-order chi connectivity index (χ0) is 12.9. The molecule has 0 fully saturated rings. The predicted molar refractivity (Wildman–Crippen MR) is 66.6 cm³/mol. The van der Waals surface area contributed by atoms with Gasteiger partial charge in [-0.15, -0.1) is 0 Å². The van der Waals surface area contributed by atoms with Crippen molar-refractivity contribution in [2.45, 2.75) is 25.4 Å². The van der Waals surface area contributed by atoms with E-state index in [0.29, 0.717) is 12.8 Å². The third-order valence-electron chi connectivity index (χ3n) is 2.75. The van der Waals surface area contributed by atoms with Crippen molar-refractivity contribution in [3.63, 3.8) is 0 Å². The van der Waals surface area contributed by atoms with Crippen molar-refractivity contribution in [3.8, 4) is 0 Å². The molecule has 0 aliphatic carbocycles. The monoisotopic (exact) mass is 256 g/mol. The fourth-order valence-corrected chi connectivity index (χ4v) is 2.86. The lowest BCUT2D eigenvalue weighted by atomic mass is 10.1. The molecule has 4 nitrogen and oxygen atoms in total. The Morgan fingerprint density at radius 1 is 1.35 bits per heavy atom. The van der Waals surface area contributed by atoms with Crippen LogP contribution >= 0.6 is 7.37 Å². The van der Waals surface area contributed by atoms with Crippen molar-refractivity contribution in [2.75, 3.05) is 6.16 Å². The Labute approximate surface area is 101 Å². The van der Waals surface area contributed by atoms with Gasteiger partial charge < -0.3 is 10.00 Å². The van der Waals surface area contributed by atoms with E-state index >= 15 is 0 Å². The molecule has 0 aromatic heterocycles. The number of aryl methyl sites for hydroxylation is 1. The molecule has 1 aromatic carbocycles. The summed E-state index contributed by atoms with van der Waals surface area (Å²) >= 11 is 0. The smallest absolute Gasteiger partial charge is 0.316 e. The summed E-state index contributed by atoms with van der Waals surface area (Å²) in [7, 11) is -3.58. The summed E-state index contributed by atoms with van der Waals surface area (Å²) in [6.07, 6.45) is 1.27. The van der Waals surface area contributed by atoms with Gasteiger partial charge >= 0.3 is 5.97 Å². The van der Waals surface area contributed by atoms with Gasteiger partial charge in [0.1, 0.15) is 5.66 Å². The van der Waals surface area contributed by atoms with Crippen molar-refractivity contribution in [1.82, 2.24) is 0 Å². The minimum atomic E-state index is -3.58. The SMILES string of the molecule is CC(C(=O)O)P(=O)(O)CCCc1ccccc1. The van der Waals surface area contributed by atoms with Crippen LogP contribution in [0.2, 0.25) is 0 Å². The second-order valence-corrected chi connectivity index (χ2v) is 6.82. The molecule has 5 heteroatoms. The number of carboxylic acid groups (broad SMARTS) is 1. The average molecular weight is 256 g/mol. The van der Waals surface area contributed by atoms with E-state index in [-0.39, 0.29) is 6.16 Å². The van der Waals surface area contributed by atoms with Gasteiger partial charge in [-0.1, -0.05) is 30.3 Å². The van der Waals surface area contributed by atoms with Crippen molar-refractivity contribution < 1.29 is 19.4 Å². The number of carboxylic acids is 1. The lowest BCUT2D eigenvalue weighted by Gasteiger charge is -2.15. The van der Waals surface area contributed by atoms with Gasteiger partial charge in [-0.3, -0.25) is 9.36 Å². The van der Waals surface area contributed by atoms with E-state index in [1.807, 2.05) is 30.3 Å². The van der Waals surface area contributed by atoms with Crippen LogP contribution in [0.25, 0.3) is 0 Å². The van der Waals surface area contributed by atoms with E-state index in [0.717, 1.165) is 5.56 Å². The summed E-state index contributed by atoms with van der Waals surface area (Å²) < 4.78 is 11.7. The first kappa shape index (κ1) is 13.9. The number of aliphatic carboxylic acids is 1. The molecule has 17 heavy (non-hydrogen) atoms. The highest BCUT2D eigenvalue weighted by Crippen LogP contribution is 2.46. The Kier molecular flexibility index (Phi) is 4.91. The topological polar surface area (TPSA) is 74.6 Å². The highest BCUT2D eigenvalue weighted by atomic mass is 31.2. The van der Waals surface area contributed by atoms with Crippen LogP contribution in [-0.4, -0.2) is 27.8 Å². The number of benzene rings is 1. The molecule has 0 saturated heterocycles. The van der Waals surface area contributed by atoms with E-state index in [4.69, 9.17) is 5.11 Å². The fourth-order valence-electron chi connectivity index (χ4n) is 1.52. The van der Waals surface area contributed by atoms with Gasteiger partial charge in [0.25, 0.3) is 0 Å². The molecular weight excluding hydrogens is 239 g/mol. The Hall–Kier alpha value is -1.12. The first-order chi connectivity index (χ1) is 7.93. The second kappa shape index (κ2) is 5.99. The molecule has 0 aliphatic rings. The Morgan fingerprint density at radius 2 is 1.94 bits per heavy atom. The minimum absolute atomic E-state index is 0.0510. The Bertz CT molecular complexity index is 416. The molecule has 2 unspecified atom stereocenters. The number of rotatable bonds is 6. The third kappa shape index (κ3) is 4.33. The molecule has 0 bridgehead atoms. The molecule has 0 spiro atoms. The molecule has 0 amide bonds. The summed E-state index contributed by atoms with van der Waals surface area (Å²) in [6.45, 7) is 1.28. The summed E-state index contributed by atoms with van der Waals surface area (Å²) in [5.74, 6) is -1.21. The third-order valence-corrected chi connectivity index (χ3v) is 5.14. The minimum Gasteiger partial charge on any atom is -0.481 e. The quantitative estimate of drug-likeness (QED) is 0.766. The number of hydrogen-bond donors (Lipinski definition) is 2. The molecule has 0 saturated carbocycles. The van der Waals surface area contributed by atoms with Gasteiger partial charge in [-0.25, -0.2) is 0 Å². The van der Waals surface area contributed by atoms with Crippen LogP contribution in [0, 0.1) is 0 Å². The van der Waals surface area contributed by atoms with Crippen LogP contribution in [0.3, 0.4) is 0 Å². The highest BCUT2D eigenvalue weighted by molar-refractivity contribution is 7.59. The summed E-state index contributed by atoms with van der Waals surface area (Å²) in [4.78, 5) is 20.3. The van der Waals surface area contributed by atoms with Crippen molar-refractivity contribution in [1.29, 1.82) is 0 Å². The van der Waals surface area contributed by atoms with E-state index < -0.39 is 19.0 Å². The summed E-state index contributed by atoms with van der Waals surface area (Å²) in [5.41, 5.74) is -0.0891. The standard InChI is InChI=1S/C12H17O4P/c1-10(12(13)14)17(15,16)9-5-8-11-6-3-2-4-7-11/h2-4,6-7,10H,5,8-9H2,1H3,(H,13,14)(H,15,16). The van der Waals surface area contributed by atoms with E-state index in [9.17, 15) is 14.3 Å². The van der Waals surface area contributed by atoms with Gasteiger partial charge in [0, 0.05) is 6.16 Å². The molecule has 94 valence electrons. The lowest BCUT2D eigenvalue weighted by molar-refractivity contribution is -0.136. The van der Waals surface area contributed by atoms with Gasteiger partial charge in [0.2, 0.25) is 7.37 Å². The lowest BCUT2D eigenvalue weighted by Crippen LogP contribution is -2.18. The van der Waals surface area contributed by atoms with E-state index in [2.05, 4.69) is 0 Å².